The van der Waals surface area contributed by atoms with Crippen molar-refractivity contribution in [3.05, 3.63) is 42.0 Å². The van der Waals surface area contributed by atoms with Crippen molar-refractivity contribution in [1.82, 2.24) is 0 Å². The third-order valence-corrected chi connectivity index (χ3v) is 3.65. The molecule has 1 saturated heterocycles. The van der Waals surface area contributed by atoms with Gasteiger partial charge >= 0.3 is 0 Å². The summed E-state index contributed by atoms with van der Waals surface area (Å²) < 4.78 is 11.8. The Hall–Kier alpha value is -1.12. The largest absolute Gasteiger partial charge is 0.349 e. The fourth-order valence-electron chi connectivity index (χ4n) is 2.47. The molecule has 1 aliphatic heterocycles. The molecule has 0 spiro atoms. The highest BCUT2D eigenvalue weighted by atomic mass is 16.7. The van der Waals surface area contributed by atoms with Crippen LogP contribution < -0.4 is 0 Å². The van der Waals surface area contributed by atoms with Gasteiger partial charge in [-0.15, -0.1) is 0 Å². The van der Waals surface area contributed by atoms with Crippen LogP contribution in [-0.4, -0.2) is 19.0 Å². The van der Waals surface area contributed by atoms with Crippen molar-refractivity contribution in [2.24, 2.45) is 5.92 Å². The molecule has 2 heteroatoms. The molecule has 0 unspecified atom stereocenters. The Kier molecular flexibility index (Phi) is 5.62. The van der Waals surface area contributed by atoms with Crippen LogP contribution in [0.25, 0.3) is 6.08 Å². The van der Waals surface area contributed by atoms with Crippen LogP contribution in [0.2, 0.25) is 0 Å². The summed E-state index contributed by atoms with van der Waals surface area (Å²) in [6, 6.07) is 10.3. The molecule has 2 rings (SSSR count). The minimum Gasteiger partial charge on any atom is -0.349 e. The van der Waals surface area contributed by atoms with Gasteiger partial charge in [0.15, 0.2) is 6.29 Å². The summed E-state index contributed by atoms with van der Waals surface area (Å²) in [5, 5.41) is 0. The summed E-state index contributed by atoms with van der Waals surface area (Å²) >= 11 is 0. The van der Waals surface area contributed by atoms with Gasteiger partial charge in [-0.05, 0) is 24.5 Å². The van der Waals surface area contributed by atoms with Crippen LogP contribution >= 0.6 is 0 Å². The minimum absolute atomic E-state index is 0.195. The summed E-state index contributed by atoms with van der Waals surface area (Å²) in [5.74, 6) is 0.543. The Bertz CT molecular complexity index is 386. The number of hydrogen-bond donors (Lipinski definition) is 0. The summed E-state index contributed by atoms with van der Waals surface area (Å²) in [7, 11) is 0. The lowest BCUT2D eigenvalue weighted by molar-refractivity contribution is -0.214. The molecule has 0 radical (unpaired) electrons. The van der Waals surface area contributed by atoms with E-state index in [9.17, 15) is 0 Å². The Labute approximate surface area is 116 Å². The highest BCUT2D eigenvalue weighted by Crippen LogP contribution is 2.25. The van der Waals surface area contributed by atoms with E-state index in [1.807, 2.05) is 24.3 Å². The monoisotopic (exact) mass is 260 g/mol. The molecule has 0 N–H and O–H groups in total. The molecule has 0 aromatic heterocycles. The van der Waals surface area contributed by atoms with E-state index in [0.29, 0.717) is 12.0 Å². The molecule has 19 heavy (non-hydrogen) atoms. The van der Waals surface area contributed by atoms with Crippen LogP contribution in [0, 0.1) is 5.92 Å². The molecule has 0 amide bonds. The van der Waals surface area contributed by atoms with E-state index in [0.717, 1.165) is 25.9 Å². The summed E-state index contributed by atoms with van der Waals surface area (Å²) in [6.07, 6.45) is 7.64. The number of ether oxygens (including phenoxy) is 2. The van der Waals surface area contributed by atoms with E-state index >= 15 is 0 Å². The number of benzene rings is 1. The number of hydrogen-bond acceptors (Lipinski definition) is 2. The molecule has 1 aliphatic rings. The van der Waals surface area contributed by atoms with Gasteiger partial charge in [0.25, 0.3) is 0 Å². The quantitative estimate of drug-likeness (QED) is 0.787. The zero-order valence-electron chi connectivity index (χ0n) is 11.9. The van der Waals surface area contributed by atoms with Crippen LogP contribution in [0.15, 0.2) is 36.4 Å². The van der Waals surface area contributed by atoms with Crippen LogP contribution in [0.3, 0.4) is 0 Å². The van der Waals surface area contributed by atoms with Crippen molar-refractivity contribution in [1.29, 1.82) is 0 Å². The molecule has 1 aromatic carbocycles. The molecule has 104 valence electrons. The smallest absolute Gasteiger partial charge is 0.177 e. The normalized spacial score (nSPS) is 27.8. The second-order valence-electron chi connectivity index (χ2n) is 5.10. The van der Waals surface area contributed by atoms with Gasteiger partial charge in [0.05, 0.1) is 12.7 Å². The standard InChI is InChI=1S/C17H24O2/c1-3-8-16-15(4-2)13-18-17(19-16)12-11-14-9-6-5-7-10-14/h5-7,9-12,15-17H,3-4,8,13H2,1-2H3/b12-11-/t15-,16-,17+/m1/s1. The summed E-state index contributed by atoms with van der Waals surface area (Å²) in [4.78, 5) is 0. The maximum atomic E-state index is 6.04. The van der Waals surface area contributed by atoms with Crippen LogP contribution in [0.5, 0.6) is 0 Å². The van der Waals surface area contributed by atoms with E-state index in [1.54, 1.807) is 0 Å². The highest BCUT2D eigenvalue weighted by molar-refractivity contribution is 5.48. The van der Waals surface area contributed by atoms with Crippen LogP contribution in [0.1, 0.15) is 38.7 Å². The first-order valence-electron chi connectivity index (χ1n) is 7.33. The lowest BCUT2D eigenvalue weighted by Gasteiger charge is -2.35. The highest BCUT2D eigenvalue weighted by Gasteiger charge is 2.28. The Morgan fingerprint density at radius 2 is 2.00 bits per heavy atom. The maximum absolute atomic E-state index is 6.04. The van der Waals surface area contributed by atoms with Crippen molar-refractivity contribution in [2.45, 2.75) is 45.5 Å². The van der Waals surface area contributed by atoms with E-state index in [1.165, 1.54) is 5.56 Å². The summed E-state index contributed by atoms with van der Waals surface area (Å²) in [5.41, 5.74) is 1.18. The Balaban J connectivity index is 1.93. The van der Waals surface area contributed by atoms with Crippen molar-refractivity contribution < 1.29 is 9.47 Å². The molecule has 1 fully saturated rings. The Morgan fingerprint density at radius 1 is 1.21 bits per heavy atom. The first-order chi connectivity index (χ1) is 9.33. The van der Waals surface area contributed by atoms with Crippen molar-refractivity contribution in [3.8, 4) is 0 Å². The fraction of sp³-hybridized carbons (Fsp3) is 0.529. The first-order valence-corrected chi connectivity index (χ1v) is 7.33. The van der Waals surface area contributed by atoms with Crippen LogP contribution in [0.4, 0.5) is 0 Å². The molecular weight excluding hydrogens is 236 g/mol. The van der Waals surface area contributed by atoms with E-state index < -0.39 is 0 Å². The maximum Gasteiger partial charge on any atom is 0.177 e. The minimum atomic E-state index is -0.195. The number of rotatable bonds is 5. The van der Waals surface area contributed by atoms with Crippen molar-refractivity contribution >= 4 is 6.08 Å². The molecule has 0 bridgehead atoms. The third-order valence-electron chi connectivity index (χ3n) is 3.65. The predicted octanol–water partition coefficient (Wildman–Crippen LogP) is 4.27. The molecule has 1 aromatic rings. The second-order valence-corrected chi connectivity index (χ2v) is 5.10. The van der Waals surface area contributed by atoms with E-state index in [2.05, 4.69) is 32.1 Å². The average molecular weight is 260 g/mol. The van der Waals surface area contributed by atoms with E-state index in [4.69, 9.17) is 9.47 Å². The molecular formula is C17H24O2. The lowest BCUT2D eigenvalue weighted by atomic mass is 9.96. The molecule has 1 heterocycles. The predicted molar refractivity (Wildman–Crippen MR) is 78.8 cm³/mol. The SMILES string of the molecule is CCC[C@H]1O[C@@H](/C=C\c2ccccc2)OC[C@H]1CC. The van der Waals surface area contributed by atoms with E-state index in [-0.39, 0.29) is 6.29 Å². The topological polar surface area (TPSA) is 18.5 Å². The van der Waals surface area contributed by atoms with Gasteiger partial charge in [-0.25, -0.2) is 0 Å². The van der Waals surface area contributed by atoms with Gasteiger partial charge in [0.2, 0.25) is 0 Å². The fourth-order valence-corrected chi connectivity index (χ4v) is 2.47. The van der Waals surface area contributed by atoms with Gasteiger partial charge in [-0.1, -0.05) is 56.7 Å². The van der Waals surface area contributed by atoms with Gasteiger partial charge in [0, 0.05) is 5.92 Å². The van der Waals surface area contributed by atoms with Crippen LogP contribution in [-0.2, 0) is 9.47 Å². The third kappa shape index (κ3) is 4.19. The van der Waals surface area contributed by atoms with Crippen molar-refractivity contribution in [3.63, 3.8) is 0 Å². The molecule has 0 aliphatic carbocycles. The van der Waals surface area contributed by atoms with Crippen molar-refractivity contribution in [2.75, 3.05) is 6.61 Å². The molecule has 3 atom stereocenters. The van der Waals surface area contributed by atoms with Gasteiger partial charge in [0.1, 0.15) is 0 Å². The second kappa shape index (κ2) is 7.46. The lowest BCUT2D eigenvalue weighted by Crippen LogP contribution is -2.38. The average Bonchev–Trinajstić information content (AvgIpc) is 2.47. The summed E-state index contributed by atoms with van der Waals surface area (Å²) in [6.45, 7) is 5.23. The first kappa shape index (κ1) is 14.3. The zero-order chi connectivity index (χ0) is 13.5. The van der Waals surface area contributed by atoms with Gasteiger partial charge in [-0.2, -0.15) is 0 Å². The Morgan fingerprint density at radius 3 is 2.68 bits per heavy atom. The molecule has 0 saturated carbocycles. The van der Waals surface area contributed by atoms with Gasteiger partial charge < -0.3 is 9.47 Å². The molecule has 2 nitrogen and oxygen atoms in total. The zero-order valence-corrected chi connectivity index (χ0v) is 11.9. The van der Waals surface area contributed by atoms with Gasteiger partial charge in [-0.3, -0.25) is 0 Å².